The normalized spacial score (nSPS) is 14.6. The summed E-state index contributed by atoms with van der Waals surface area (Å²) in [4.78, 5) is 0. The Labute approximate surface area is 101 Å². The van der Waals surface area contributed by atoms with Crippen LogP contribution in [0.5, 0.6) is 0 Å². The van der Waals surface area contributed by atoms with E-state index in [1.54, 1.807) is 7.11 Å². The first-order chi connectivity index (χ1) is 8.10. The fourth-order valence-corrected chi connectivity index (χ4v) is 1.72. The molecule has 0 aliphatic carbocycles. The molecule has 1 aromatic carbocycles. The number of methoxy groups -OCH3 is 1. The minimum absolute atomic E-state index is 0.224. The van der Waals surface area contributed by atoms with Crippen molar-refractivity contribution in [2.75, 3.05) is 13.7 Å². The molecule has 2 nitrogen and oxygen atoms in total. The average molecular weight is 243 g/mol. The van der Waals surface area contributed by atoms with E-state index in [1.807, 2.05) is 13.8 Å². The number of hydrogen-bond acceptors (Lipinski definition) is 2. The molecule has 0 aliphatic rings. The minimum Gasteiger partial charge on any atom is -0.380 e. The van der Waals surface area contributed by atoms with Gasteiger partial charge in [-0.15, -0.1) is 0 Å². The Kier molecular flexibility index (Phi) is 5.51. The Hall–Kier alpha value is -1.00. The van der Waals surface area contributed by atoms with E-state index in [0.29, 0.717) is 5.56 Å². The van der Waals surface area contributed by atoms with Crippen LogP contribution < -0.4 is 5.32 Å². The van der Waals surface area contributed by atoms with Crippen LogP contribution in [0.2, 0.25) is 0 Å². The molecule has 1 rings (SSSR count). The van der Waals surface area contributed by atoms with Crippen LogP contribution in [-0.2, 0) is 4.74 Å². The van der Waals surface area contributed by atoms with Crippen molar-refractivity contribution in [3.63, 3.8) is 0 Å². The monoisotopic (exact) mass is 243 g/mol. The van der Waals surface area contributed by atoms with Crippen molar-refractivity contribution in [3.8, 4) is 0 Å². The van der Waals surface area contributed by atoms with Crippen LogP contribution in [0, 0.1) is 11.6 Å². The van der Waals surface area contributed by atoms with E-state index in [4.69, 9.17) is 4.74 Å². The van der Waals surface area contributed by atoms with Gasteiger partial charge in [0, 0.05) is 12.7 Å². The van der Waals surface area contributed by atoms with Crippen LogP contribution in [0.3, 0.4) is 0 Å². The predicted octanol–water partition coefficient (Wildman–Crippen LogP) is 3.04. The lowest BCUT2D eigenvalue weighted by molar-refractivity contribution is 0.0817. The van der Waals surface area contributed by atoms with Crippen LogP contribution in [0.1, 0.15) is 31.9 Å². The highest BCUT2D eigenvalue weighted by atomic mass is 19.1. The van der Waals surface area contributed by atoms with Gasteiger partial charge in [-0.1, -0.05) is 6.92 Å². The van der Waals surface area contributed by atoms with Gasteiger partial charge in [-0.3, -0.25) is 0 Å². The minimum atomic E-state index is -0.437. The summed E-state index contributed by atoms with van der Waals surface area (Å²) in [5.74, 6) is -0.850. The number of benzene rings is 1. The number of hydrogen-bond donors (Lipinski definition) is 1. The molecular weight excluding hydrogens is 224 g/mol. The van der Waals surface area contributed by atoms with Gasteiger partial charge in [0.1, 0.15) is 11.6 Å². The van der Waals surface area contributed by atoms with E-state index >= 15 is 0 Å². The first kappa shape index (κ1) is 14.1. The summed E-state index contributed by atoms with van der Waals surface area (Å²) in [6.07, 6.45) is 0.696. The maximum absolute atomic E-state index is 13.7. The maximum Gasteiger partial charge on any atom is 0.128 e. The zero-order chi connectivity index (χ0) is 12.8. The van der Waals surface area contributed by atoms with Crippen LogP contribution >= 0.6 is 0 Å². The summed E-state index contributed by atoms with van der Waals surface area (Å²) >= 11 is 0. The summed E-state index contributed by atoms with van der Waals surface area (Å²) in [5.41, 5.74) is 0.313. The van der Waals surface area contributed by atoms with E-state index in [0.717, 1.165) is 25.1 Å². The van der Waals surface area contributed by atoms with Gasteiger partial charge in [-0.05, 0) is 38.1 Å². The van der Waals surface area contributed by atoms with Gasteiger partial charge < -0.3 is 10.1 Å². The third-order valence-corrected chi connectivity index (χ3v) is 2.75. The van der Waals surface area contributed by atoms with Crippen molar-refractivity contribution in [3.05, 3.63) is 35.4 Å². The van der Waals surface area contributed by atoms with Gasteiger partial charge in [0.25, 0.3) is 0 Å². The van der Waals surface area contributed by atoms with Gasteiger partial charge in [-0.2, -0.15) is 0 Å². The Bertz CT molecular complexity index is 357. The summed E-state index contributed by atoms with van der Waals surface area (Å²) < 4.78 is 32.1. The second kappa shape index (κ2) is 6.67. The van der Waals surface area contributed by atoms with Crippen molar-refractivity contribution in [2.24, 2.45) is 0 Å². The number of ether oxygens (including phenoxy) is 1. The third kappa shape index (κ3) is 3.75. The zero-order valence-electron chi connectivity index (χ0n) is 10.5. The Morgan fingerprint density at radius 2 is 2.06 bits per heavy atom. The molecule has 0 bridgehead atoms. The lowest BCUT2D eigenvalue weighted by atomic mass is 10.0. The first-order valence-electron chi connectivity index (χ1n) is 5.81. The molecule has 0 aliphatic heterocycles. The summed E-state index contributed by atoms with van der Waals surface area (Å²) in [5, 5.41) is 3.17. The lowest BCUT2D eigenvalue weighted by Gasteiger charge is -2.25. The van der Waals surface area contributed by atoms with Crippen molar-refractivity contribution >= 4 is 0 Å². The summed E-state index contributed by atoms with van der Waals surface area (Å²) in [6.45, 7) is 4.58. The highest BCUT2D eigenvalue weighted by Gasteiger charge is 2.22. The third-order valence-electron chi connectivity index (χ3n) is 2.75. The average Bonchev–Trinajstić information content (AvgIpc) is 2.33. The fraction of sp³-hybridized carbons (Fsp3) is 0.538. The molecule has 1 N–H and O–H groups in total. The molecule has 4 heteroatoms. The van der Waals surface area contributed by atoms with Gasteiger partial charge in [-0.25, -0.2) is 8.78 Å². The molecule has 0 saturated heterocycles. The molecule has 2 unspecified atom stereocenters. The smallest absolute Gasteiger partial charge is 0.128 e. The molecule has 0 aromatic heterocycles. The van der Waals surface area contributed by atoms with Gasteiger partial charge in [0.05, 0.1) is 12.1 Å². The zero-order valence-corrected chi connectivity index (χ0v) is 10.5. The first-order valence-corrected chi connectivity index (χ1v) is 5.81. The Morgan fingerprint density at radius 1 is 1.35 bits per heavy atom. The van der Waals surface area contributed by atoms with Gasteiger partial charge >= 0.3 is 0 Å². The Morgan fingerprint density at radius 3 is 2.65 bits per heavy atom. The van der Waals surface area contributed by atoms with E-state index in [-0.39, 0.29) is 12.1 Å². The van der Waals surface area contributed by atoms with Gasteiger partial charge in [0.15, 0.2) is 0 Å². The summed E-state index contributed by atoms with van der Waals surface area (Å²) in [6, 6.07) is 3.15. The van der Waals surface area contributed by atoms with Gasteiger partial charge in [0.2, 0.25) is 0 Å². The molecule has 0 spiro atoms. The SMILES string of the molecule is CCCNC(c1cc(F)ccc1F)C(C)OC. The van der Waals surface area contributed by atoms with E-state index < -0.39 is 11.6 Å². The van der Waals surface area contributed by atoms with E-state index in [2.05, 4.69) is 5.32 Å². The largest absolute Gasteiger partial charge is 0.380 e. The predicted molar refractivity (Wildman–Crippen MR) is 63.9 cm³/mol. The van der Waals surface area contributed by atoms with Crippen molar-refractivity contribution in [2.45, 2.75) is 32.4 Å². The number of rotatable bonds is 6. The van der Waals surface area contributed by atoms with Crippen LogP contribution in [0.4, 0.5) is 8.78 Å². The topological polar surface area (TPSA) is 21.3 Å². The molecule has 2 atom stereocenters. The maximum atomic E-state index is 13.7. The molecule has 17 heavy (non-hydrogen) atoms. The highest BCUT2D eigenvalue weighted by molar-refractivity contribution is 5.23. The Balaban J connectivity index is 2.98. The highest BCUT2D eigenvalue weighted by Crippen LogP contribution is 2.22. The van der Waals surface area contributed by atoms with Crippen LogP contribution in [0.25, 0.3) is 0 Å². The molecule has 0 fully saturated rings. The van der Waals surface area contributed by atoms with E-state index in [9.17, 15) is 8.78 Å². The van der Waals surface area contributed by atoms with Crippen LogP contribution in [0.15, 0.2) is 18.2 Å². The molecule has 0 amide bonds. The van der Waals surface area contributed by atoms with E-state index in [1.165, 1.54) is 6.07 Å². The van der Waals surface area contributed by atoms with Crippen LogP contribution in [-0.4, -0.2) is 19.8 Å². The molecule has 0 radical (unpaired) electrons. The van der Waals surface area contributed by atoms with Crippen molar-refractivity contribution in [1.29, 1.82) is 0 Å². The summed E-state index contributed by atoms with van der Waals surface area (Å²) in [7, 11) is 1.56. The molecule has 0 saturated carbocycles. The quantitative estimate of drug-likeness (QED) is 0.829. The second-order valence-electron chi connectivity index (χ2n) is 4.04. The molecule has 1 aromatic rings. The van der Waals surface area contributed by atoms with Crippen molar-refractivity contribution < 1.29 is 13.5 Å². The lowest BCUT2D eigenvalue weighted by Crippen LogP contribution is -2.32. The van der Waals surface area contributed by atoms with Crippen molar-refractivity contribution in [1.82, 2.24) is 5.32 Å². The molecular formula is C13H19F2NO. The fourth-order valence-electron chi connectivity index (χ4n) is 1.72. The standard InChI is InChI=1S/C13H19F2NO/c1-4-7-16-13(9(2)17-3)11-8-10(14)5-6-12(11)15/h5-6,8-9,13,16H,4,7H2,1-3H3. The molecule has 0 heterocycles. The molecule has 96 valence electrons. The second-order valence-corrected chi connectivity index (χ2v) is 4.04. The number of nitrogens with one attached hydrogen (secondary N) is 1. The number of halogens is 2.